The normalized spacial score (nSPS) is 11.4. The number of aromatic amines is 2. The molecule has 5 rings (SSSR count). The predicted molar refractivity (Wildman–Crippen MR) is 111 cm³/mol. The van der Waals surface area contributed by atoms with E-state index in [0.29, 0.717) is 22.1 Å². The average molecular weight is 404 g/mol. The molecule has 0 fully saturated rings. The van der Waals surface area contributed by atoms with E-state index in [1.54, 1.807) is 6.07 Å². The number of para-hydroxylation sites is 1. The second-order valence-corrected chi connectivity index (χ2v) is 6.94. The molecule has 0 aliphatic heterocycles. The number of carbonyl (C=O) groups excluding carboxylic acids is 1. The summed E-state index contributed by atoms with van der Waals surface area (Å²) in [5, 5.41) is 4.96. The Morgan fingerprint density at radius 1 is 1.20 bits per heavy atom. The summed E-state index contributed by atoms with van der Waals surface area (Å²) >= 11 is 0. The van der Waals surface area contributed by atoms with E-state index in [-0.39, 0.29) is 28.6 Å². The molecule has 0 aliphatic carbocycles. The highest BCUT2D eigenvalue weighted by Crippen LogP contribution is 2.28. The van der Waals surface area contributed by atoms with Gasteiger partial charge in [-0.25, -0.2) is 14.1 Å². The smallest absolute Gasteiger partial charge is 0.214 e. The molecule has 0 bridgehead atoms. The third kappa shape index (κ3) is 2.63. The van der Waals surface area contributed by atoms with Gasteiger partial charge in [0.15, 0.2) is 11.6 Å². The first-order chi connectivity index (χ1) is 14.5. The van der Waals surface area contributed by atoms with Gasteiger partial charge in [-0.05, 0) is 31.2 Å². The van der Waals surface area contributed by atoms with Crippen molar-refractivity contribution in [3.8, 4) is 11.4 Å². The molecule has 0 aliphatic rings. The summed E-state index contributed by atoms with van der Waals surface area (Å²) in [5.41, 5.74) is 9.49. The maximum atomic E-state index is 14.0. The molecule has 150 valence electrons. The van der Waals surface area contributed by atoms with Gasteiger partial charge in [0.05, 0.1) is 35.8 Å². The van der Waals surface area contributed by atoms with Gasteiger partial charge in [-0.3, -0.25) is 4.79 Å². The van der Waals surface area contributed by atoms with Crippen molar-refractivity contribution in [1.82, 2.24) is 24.7 Å². The van der Waals surface area contributed by atoms with Gasteiger partial charge in [0.1, 0.15) is 17.2 Å². The summed E-state index contributed by atoms with van der Waals surface area (Å²) in [4.78, 5) is 23.7. The van der Waals surface area contributed by atoms with Crippen LogP contribution in [0.2, 0.25) is 0 Å². The van der Waals surface area contributed by atoms with Crippen LogP contribution in [0.15, 0.2) is 42.6 Å². The zero-order valence-electron chi connectivity index (χ0n) is 16.2. The maximum Gasteiger partial charge on any atom is 0.214 e. The standard InChI is InChI=1S/C21H17FN6O2/c1-10-25-14-4-3-5-17(19(14)26-10)28-21(23)12(9-24-28)20(29)16-6-11-7-18(30-2)13(22)8-15(11)27-16/h3-9,27H,23H2,1-2H3,(H,25,26). The zero-order chi connectivity index (χ0) is 21.0. The van der Waals surface area contributed by atoms with E-state index in [4.69, 9.17) is 10.5 Å². The number of methoxy groups -OCH3 is 1. The van der Waals surface area contributed by atoms with Crippen molar-refractivity contribution >= 4 is 33.5 Å². The number of aromatic nitrogens is 5. The van der Waals surface area contributed by atoms with Crippen LogP contribution in [0, 0.1) is 12.7 Å². The van der Waals surface area contributed by atoms with E-state index in [2.05, 4.69) is 20.1 Å². The minimum atomic E-state index is -0.513. The molecular formula is C21H17FN6O2. The lowest BCUT2D eigenvalue weighted by molar-refractivity contribution is 0.103. The van der Waals surface area contributed by atoms with Gasteiger partial charge in [-0.15, -0.1) is 0 Å². The van der Waals surface area contributed by atoms with Crippen LogP contribution in [-0.4, -0.2) is 37.6 Å². The summed E-state index contributed by atoms with van der Waals surface area (Å²) in [6.45, 7) is 1.86. The Kier molecular flexibility index (Phi) is 3.85. The Labute approximate surface area is 169 Å². The van der Waals surface area contributed by atoms with Crippen molar-refractivity contribution in [3.05, 3.63) is 65.5 Å². The molecule has 8 nitrogen and oxygen atoms in total. The first kappa shape index (κ1) is 17.9. The highest BCUT2D eigenvalue weighted by atomic mass is 19.1. The number of aryl methyl sites for hydroxylation is 1. The summed E-state index contributed by atoms with van der Waals surface area (Å²) < 4.78 is 20.5. The summed E-state index contributed by atoms with van der Waals surface area (Å²) in [6.07, 6.45) is 1.42. The molecule has 0 atom stereocenters. The molecule has 0 unspecified atom stereocenters. The van der Waals surface area contributed by atoms with Crippen molar-refractivity contribution in [2.24, 2.45) is 0 Å². The number of ether oxygens (including phenoxy) is 1. The summed E-state index contributed by atoms with van der Waals surface area (Å²) in [6, 6.07) is 10.1. The lowest BCUT2D eigenvalue weighted by atomic mass is 10.1. The quantitative estimate of drug-likeness (QED) is 0.397. The minimum Gasteiger partial charge on any atom is -0.494 e. The van der Waals surface area contributed by atoms with Crippen LogP contribution < -0.4 is 10.5 Å². The highest BCUT2D eigenvalue weighted by Gasteiger charge is 2.21. The van der Waals surface area contributed by atoms with Crippen molar-refractivity contribution in [2.75, 3.05) is 12.8 Å². The second kappa shape index (κ2) is 6.45. The molecule has 3 aromatic heterocycles. The second-order valence-electron chi connectivity index (χ2n) is 6.94. The van der Waals surface area contributed by atoms with Crippen molar-refractivity contribution in [1.29, 1.82) is 0 Å². The predicted octanol–water partition coefficient (Wildman–Crippen LogP) is 3.50. The Hall–Kier alpha value is -4.14. The molecular weight excluding hydrogens is 387 g/mol. The molecule has 0 spiro atoms. The summed E-state index contributed by atoms with van der Waals surface area (Å²) in [7, 11) is 1.39. The third-order valence-electron chi connectivity index (χ3n) is 5.03. The average Bonchev–Trinajstić information content (AvgIpc) is 3.41. The number of nitrogens with one attached hydrogen (secondary N) is 2. The van der Waals surface area contributed by atoms with Crippen LogP contribution in [0.5, 0.6) is 5.75 Å². The summed E-state index contributed by atoms with van der Waals surface area (Å²) in [5.74, 6) is 0.200. The SMILES string of the molecule is COc1cc2cc(C(=O)c3cnn(-c4cccc5[nH]c(C)nc45)c3N)[nH]c2cc1F. The number of hydrogen-bond acceptors (Lipinski definition) is 5. The number of nitrogens with zero attached hydrogens (tertiary/aromatic N) is 3. The van der Waals surface area contributed by atoms with Gasteiger partial charge in [0.25, 0.3) is 0 Å². The Bertz CT molecular complexity index is 1450. The minimum absolute atomic E-state index is 0.107. The van der Waals surface area contributed by atoms with Crippen LogP contribution in [0.3, 0.4) is 0 Å². The lowest BCUT2D eigenvalue weighted by Gasteiger charge is -2.05. The topological polar surface area (TPSA) is 115 Å². The maximum absolute atomic E-state index is 14.0. The van der Waals surface area contributed by atoms with Crippen LogP contribution in [0.25, 0.3) is 27.6 Å². The molecule has 30 heavy (non-hydrogen) atoms. The number of halogens is 1. The first-order valence-electron chi connectivity index (χ1n) is 9.16. The van der Waals surface area contributed by atoms with Gasteiger partial charge in [-0.1, -0.05) is 6.07 Å². The Morgan fingerprint density at radius 3 is 2.83 bits per heavy atom. The Morgan fingerprint density at radius 2 is 2.03 bits per heavy atom. The van der Waals surface area contributed by atoms with Crippen LogP contribution in [-0.2, 0) is 0 Å². The van der Waals surface area contributed by atoms with Crippen LogP contribution >= 0.6 is 0 Å². The van der Waals surface area contributed by atoms with Gasteiger partial charge < -0.3 is 20.4 Å². The van der Waals surface area contributed by atoms with Gasteiger partial charge in [0.2, 0.25) is 5.78 Å². The fourth-order valence-corrected chi connectivity index (χ4v) is 3.59. The number of nitrogen functional groups attached to an aromatic ring is 1. The molecule has 0 amide bonds. The molecule has 5 aromatic rings. The number of benzene rings is 2. The fourth-order valence-electron chi connectivity index (χ4n) is 3.59. The van der Waals surface area contributed by atoms with E-state index < -0.39 is 5.82 Å². The zero-order valence-corrected chi connectivity index (χ0v) is 16.2. The van der Waals surface area contributed by atoms with Gasteiger partial charge >= 0.3 is 0 Å². The first-order valence-corrected chi connectivity index (χ1v) is 9.16. The van der Waals surface area contributed by atoms with E-state index >= 15 is 0 Å². The van der Waals surface area contributed by atoms with Crippen molar-refractivity contribution in [3.63, 3.8) is 0 Å². The Balaban J connectivity index is 1.58. The number of ketones is 1. The molecule has 9 heteroatoms. The third-order valence-corrected chi connectivity index (χ3v) is 5.03. The molecule has 3 heterocycles. The number of imidazole rings is 1. The number of hydrogen-bond donors (Lipinski definition) is 3. The molecule has 2 aromatic carbocycles. The number of rotatable bonds is 4. The molecule has 4 N–H and O–H groups in total. The number of fused-ring (bicyclic) bond motifs is 2. The molecule has 0 saturated carbocycles. The largest absolute Gasteiger partial charge is 0.494 e. The van der Waals surface area contributed by atoms with E-state index in [1.165, 1.54) is 30.1 Å². The van der Waals surface area contributed by atoms with Crippen molar-refractivity contribution < 1.29 is 13.9 Å². The monoisotopic (exact) mass is 404 g/mol. The fraction of sp³-hybridized carbons (Fsp3) is 0.0952. The van der Waals surface area contributed by atoms with Crippen molar-refractivity contribution in [2.45, 2.75) is 6.92 Å². The highest BCUT2D eigenvalue weighted by molar-refractivity contribution is 6.12. The number of anilines is 1. The number of H-pyrrole nitrogens is 2. The van der Waals surface area contributed by atoms with E-state index in [1.807, 2.05) is 25.1 Å². The lowest BCUT2D eigenvalue weighted by Crippen LogP contribution is -2.08. The number of carbonyl (C=O) groups is 1. The van der Waals surface area contributed by atoms with Gasteiger partial charge in [-0.2, -0.15) is 5.10 Å². The molecule has 0 saturated heterocycles. The molecule has 0 radical (unpaired) electrons. The van der Waals surface area contributed by atoms with E-state index in [9.17, 15) is 9.18 Å². The van der Waals surface area contributed by atoms with Crippen LogP contribution in [0.4, 0.5) is 10.2 Å². The van der Waals surface area contributed by atoms with Crippen LogP contribution in [0.1, 0.15) is 21.9 Å². The van der Waals surface area contributed by atoms with Gasteiger partial charge in [0, 0.05) is 17.0 Å². The van der Waals surface area contributed by atoms with E-state index in [0.717, 1.165) is 11.3 Å². The number of nitrogens with two attached hydrogens (primary N) is 1.